The minimum atomic E-state index is -0.0509. The predicted octanol–water partition coefficient (Wildman–Crippen LogP) is 6.21. The second-order valence-electron chi connectivity index (χ2n) is 10.1. The second kappa shape index (κ2) is 12.8. The van der Waals surface area contributed by atoms with Crippen LogP contribution in [0.25, 0.3) is 0 Å². The highest BCUT2D eigenvalue weighted by Gasteiger charge is 2.25. The highest BCUT2D eigenvalue weighted by molar-refractivity contribution is 6.35. The first-order valence-corrected chi connectivity index (χ1v) is 13.8. The summed E-state index contributed by atoms with van der Waals surface area (Å²) in [7, 11) is 0. The average molecular weight is 531 g/mol. The molecule has 2 aliphatic rings. The third kappa shape index (κ3) is 7.61. The van der Waals surface area contributed by atoms with E-state index in [0.717, 1.165) is 49.0 Å². The number of guanidine groups is 1. The van der Waals surface area contributed by atoms with Gasteiger partial charge in [0.25, 0.3) is 0 Å². The third-order valence-corrected chi connectivity index (χ3v) is 7.67. The maximum atomic E-state index is 12.5. The fourth-order valence-electron chi connectivity index (χ4n) is 4.93. The molecule has 0 spiro atoms. The van der Waals surface area contributed by atoms with Gasteiger partial charge in [-0.25, -0.2) is 4.99 Å². The fourth-order valence-corrected chi connectivity index (χ4v) is 5.43. The molecule has 1 saturated carbocycles. The molecule has 0 unspecified atom stereocenters. The van der Waals surface area contributed by atoms with E-state index >= 15 is 0 Å². The van der Waals surface area contributed by atoms with E-state index in [2.05, 4.69) is 34.7 Å². The van der Waals surface area contributed by atoms with E-state index < -0.39 is 0 Å². The number of amides is 1. The van der Waals surface area contributed by atoms with Gasteiger partial charge in [-0.15, -0.1) is 0 Å². The van der Waals surface area contributed by atoms with Crippen LogP contribution in [0.3, 0.4) is 0 Å². The molecule has 1 saturated heterocycles. The van der Waals surface area contributed by atoms with Crippen molar-refractivity contribution in [2.75, 3.05) is 30.3 Å². The van der Waals surface area contributed by atoms with E-state index in [9.17, 15) is 4.79 Å². The number of hydrogen-bond acceptors (Lipinski definition) is 3. The van der Waals surface area contributed by atoms with Crippen LogP contribution in [0.1, 0.15) is 51.5 Å². The molecule has 4 rings (SSSR count). The van der Waals surface area contributed by atoms with Crippen LogP contribution in [0.2, 0.25) is 10.0 Å². The summed E-state index contributed by atoms with van der Waals surface area (Å²) in [4.78, 5) is 20.1. The number of nitrogens with zero attached hydrogens (tertiary/aromatic N) is 2. The lowest BCUT2D eigenvalue weighted by atomic mass is 9.86. The lowest BCUT2D eigenvalue weighted by molar-refractivity contribution is -0.116. The molecule has 3 N–H and O–H groups in total. The molecule has 1 aliphatic heterocycles. The quantitative estimate of drug-likeness (QED) is 0.307. The Morgan fingerprint density at radius 1 is 1.06 bits per heavy atom. The highest BCUT2D eigenvalue weighted by Crippen LogP contribution is 2.27. The van der Waals surface area contributed by atoms with Crippen molar-refractivity contribution in [1.29, 1.82) is 0 Å². The van der Waals surface area contributed by atoms with E-state index in [4.69, 9.17) is 28.2 Å². The lowest BCUT2D eigenvalue weighted by Gasteiger charge is -2.36. The van der Waals surface area contributed by atoms with Gasteiger partial charge in [0.15, 0.2) is 5.96 Å². The molecule has 0 aromatic heterocycles. The predicted molar refractivity (Wildman–Crippen MR) is 151 cm³/mol. The van der Waals surface area contributed by atoms with E-state index in [1.165, 1.54) is 19.3 Å². The summed E-state index contributed by atoms with van der Waals surface area (Å²) in [5.74, 6) is 1.51. The lowest BCUT2D eigenvalue weighted by Crippen LogP contribution is -2.53. The number of rotatable bonds is 6. The Hall–Kier alpha value is -2.28. The summed E-state index contributed by atoms with van der Waals surface area (Å²) in [6.45, 7) is 7.35. The molecular weight excluding hydrogens is 493 g/mol. The number of halogens is 2. The van der Waals surface area contributed by atoms with Crippen LogP contribution >= 0.6 is 23.2 Å². The van der Waals surface area contributed by atoms with Crippen LogP contribution in [0.4, 0.5) is 11.4 Å². The number of benzene rings is 2. The summed E-state index contributed by atoms with van der Waals surface area (Å²) < 4.78 is 0. The largest absolute Gasteiger partial charge is 0.340 e. The Labute approximate surface area is 224 Å². The Morgan fingerprint density at radius 3 is 2.47 bits per heavy atom. The van der Waals surface area contributed by atoms with Crippen molar-refractivity contribution >= 4 is 46.4 Å². The summed E-state index contributed by atoms with van der Waals surface area (Å²) in [5.41, 5.74) is 2.65. The fraction of sp³-hybridized carbons (Fsp3) is 0.500. The van der Waals surface area contributed by atoms with Gasteiger partial charge in [-0.05, 0) is 74.1 Å². The molecule has 1 heterocycles. The van der Waals surface area contributed by atoms with Gasteiger partial charge in [0.2, 0.25) is 5.91 Å². The topological polar surface area (TPSA) is 68.8 Å². The molecule has 194 valence electrons. The van der Waals surface area contributed by atoms with Gasteiger partial charge in [0.05, 0.1) is 6.04 Å². The summed E-state index contributed by atoms with van der Waals surface area (Å²) >= 11 is 12.2. The molecule has 2 aromatic rings. The van der Waals surface area contributed by atoms with Gasteiger partial charge < -0.3 is 20.9 Å². The van der Waals surface area contributed by atoms with Gasteiger partial charge in [-0.2, -0.15) is 0 Å². The summed E-state index contributed by atoms with van der Waals surface area (Å²) in [6, 6.07) is 14.0. The van der Waals surface area contributed by atoms with Gasteiger partial charge >= 0.3 is 0 Å². The maximum Gasteiger partial charge on any atom is 0.224 e. The maximum absolute atomic E-state index is 12.5. The van der Waals surface area contributed by atoms with Crippen molar-refractivity contribution in [3.05, 3.63) is 58.1 Å². The number of carbonyl (C=O) groups is 1. The smallest absolute Gasteiger partial charge is 0.224 e. The van der Waals surface area contributed by atoms with Crippen molar-refractivity contribution < 1.29 is 4.79 Å². The molecule has 0 radical (unpaired) electrons. The van der Waals surface area contributed by atoms with Gasteiger partial charge in [0.1, 0.15) is 0 Å². The molecule has 2 fully saturated rings. The first-order chi connectivity index (χ1) is 17.4. The minimum Gasteiger partial charge on any atom is -0.340 e. The molecule has 0 bridgehead atoms. The Kier molecular flexibility index (Phi) is 9.52. The molecule has 3 atom stereocenters. The first-order valence-electron chi connectivity index (χ1n) is 13.0. The second-order valence-corrected chi connectivity index (χ2v) is 10.9. The minimum absolute atomic E-state index is 0.0509. The number of nitrogens with one attached hydrogen (secondary N) is 3. The average Bonchev–Trinajstić information content (AvgIpc) is 2.85. The number of aliphatic imine (C=N–C) groups is 1. The Balaban J connectivity index is 1.38. The zero-order chi connectivity index (χ0) is 25.5. The van der Waals surface area contributed by atoms with Crippen LogP contribution < -0.4 is 16.0 Å². The van der Waals surface area contributed by atoms with Crippen LogP contribution in [0, 0.1) is 5.92 Å². The van der Waals surface area contributed by atoms with Gasteiger partial charge in [-0.3, -0.25) is 4.79 Å². The highest BCUT2D eigenvalue weighted by atomic mass is 35.5. The normalized spacial score (nSPS) is 22.8. The van der Waals surface area contributed by atoms with E-state index in [0.29, 0.717) is 40.9 Å². The molecule has 1 aliphatic carbocycles. The van der Waals surface area contributed by atoms with Crippen LogP contribution in [-0.4, -0.2) is 48.5 Å². The SMILES string of the molecule is C[C@@H]1CCCC[C@H]1N=C(Nc1ccc(NC(=O)CCc2ccc(Cl)cc2Cl)cc1)N1CCN[C@@H](C)C1. The molecule has 2 aromatic carbocycles. The number of carbonyl (C=O) groups excluding carboxylic acids is 1. The summed E-state index contributed by atoms with van der Waals surface area (Å²) in [6.07, 6.45) is 5.87. The van der Waals surface area contributed by atoms with Gasteiger partial charge in [0, 0.05) is 53.5 Å². The zero-order valence-corrected chi connectivity index (χ0v) is 22.7. The number of hydrogen-bond donors (Lipinski definition) is 3. The Morgan fingerprint density at radius 2 is 1.78 bits per heavy atom. The van der Waals surface area contributed by atoms with E-state index in [1.807, 2.05) is 30.3 Å². The van der Waals surface area contributed by atoms with Crippen molar-refractivity contribution in [3.8, 4) is 0 Å². The molecule has 36 heavy (non-hydrogen) atoms. The van der Waals surface area contributed by atoms with E-state index in [-0.39, 0.29) is 5.91 Å². The molecule has 1 amide bonds. The molecule has 8 heteroatoms. The van der Waals surface area contributed by atoms with Crippen LogP contribution in [-0.2, 0) is 11.2 Å². The number of aryl methyl sites for hydroxylation is 1. The standard InChI is InChI=1S/C28H37Cl2N5O/c1-19-5-3-4-6-26(19)34-28(35-16-15-31-20(2)18-35)33-24-12-10-23(11-13-24)32-27(36)14-8-21-7-9-22(29)17-25(21)30/h7,9-13,17,19-20,26,31H,3-6,8,14-16,18H2,1-2H3,(H,32,36)(H,33,34)/t19-,20+,26-/m1/s1. The molecular formula is C28H37Cl2N5O. The summed E-state index contributed by atoms with van der Waals surface area (Å²) in [5, 5.41) is 11.3. The number of piperazine rings is 1. The van der Waals surface area contributed by atoms with Crippen molar-refractivity contribution in [3.63, 3.8) is 0 Å². The number of anilines is 2. The van der Waals surface area contributed by atoms with Crippen LogP contribution in [0.15, 0.2) is 47.5 Å². The van der Waals surface area contributed by atoms with Crippen molar-refractivity contribution in [1.82, 2.24) is 10.2 Å². The first kappa shape index (κ1) is 26.8. The van der Waals surface area contributed by atoms with E-state index in [1.54, 1.807) is 12.1 Å². The Bertz CT molecular complexity index is 1060. The van der Waals surface area contributed by atoms with Gasteiger partial charge in [-0.1, -0.05) is 49.0 Å². The monoisotopic (exact) mass is 529 g/mol. The zero-order valence-electron chi connectivity index (χ0n) is 21.2. The van der Waals surface area contributed by atoms with Crippen molar-refractivity contribution in [2.24, 2.45) is 10.9 Å². The third-order valence-electron chi connectivity index (χ3n) is 7.08. The van der Waals surface area contributed by atoms with Crippen molar-refractivity contribution in [2.45, 2.75) is 64.5 Å². The van der Waals surface area contributed by atoms with Crippen LogP contribution in [0.5, 0.6) is 0 Å². The molecule has 6 nitrogen and oxygen atoms in total.